The van der Waals surface area contributed by atoms with Gasteiger partial charge >= 0.3 is 6.03 Å². The van der Waals surface area contributed by atoms with Gasteiger partial charge in [-0.05, 0) is 13.8 Å². The third-order valence-corrected chi connectivity index (χ3v) is 1.41. The number of nitrogens with two attached hydrogens (primary N) is 1. The molecule has 4 nitrogen and oxygen atoms in total. The summed E-state index contributed by atoms with van der Waals surface area (Å²) in [6.45, 7) is 4.56. The smallest absolute Gasteiger partial charge is 0.314 e. The van der Waals surface area contributed by atoms with E-state index in [2.05, 4.69) is 0 Å². The fourth-order valence-electron chi connectivity index (χ4n) is 0.746. The molecule has 4 heteroatoms. The van der Waals surface area contributed by atoms with Gasteiger partial charge in [-0.1, -0.05) is 0 Å². The Labute approximate surface area is 66.6 Å². The maximum atomic E-state index is 10.6. The molecule has 0 aromatic heterocycles. The molecule has 0 aromatic carbocycles. The van der Waals surface area contributed by atoms with E-state index in [1.807, 2.05) is 13.0 Å². The van der Waals surface area contributed by atoms with Crippen LogP contribution in [0.1, 0.15) is 13.8 Å². The summed E-state index contributed by atoms with van der Waals surface area (Å²) in [6.07, 6.45) is 0. The van der Waals surface area contributed by atoms with Crippen LogP contribution in [0.4, 0.5) is 4.79 Å². The van der Waals surface area contributed by atoms with Crippen molar-refractivity contribution in [3.8, 4) is 6.07 Å². The minimum absolute atomic E-state index is 0.151. The summed E-state index contributed by atoms with van der Waals surface area (Å²) in [6, 6.07) is 1.57. The van der Waals surface area contributed by atoms with Gasteiger partial charge in [-0.25, -0.2) is 4.79 Å². The van der Waals surface area contributed by atoms with Gasteiger partial charge in [-0.2, -0.15) is 5.26 Å². The lowest BCUT2D eigenvalue weighted by molar-refractivity contribution is 0.206. The number of carbonyl (C=O) groups is 1. The average molecular weight is 155 g/mol. The molecule has 0 heterocycles. The van der Waals surface area contributed by atoms with E-state index in [1.54, 1.807) is 6.92 Å². The predicted octanol–water partition coefficient (Wildman–Crippen LogP) is 0.547. The maximum Gasteiger partial charge on any atom is 0.314 e. The van der Waals surface area contributed by atoms with Gasteiger partial charge in [0.15, 0.2) is 0 Å². The maximum absolute atomic E-state index is 10.6. The Morgan fingerprint density at radius 1 is 1.82 bits per heavy atom. The van der Waals surface area contributed by atoms with Crippen molar-refractivity contribution in [1.29, 1.82) is 5.26 Å². The predicted molar refractivity (Wildman–Crippen MR) is 41.6 cm³/mol. The normalized spacial score (nSPS) is 11.7. The number of hydrogen-bond acceptors (Lipinski definition) is 2. The van der Waals surface area contributed by atoms with E-state index in [4.69, 9.17) is 11.0 Å². The van der Waals surface area contributed by atoms with Crippen LogP contribution in [-0.2, 0) is 0 Å². The lowest BCUT2D eigenvalue weighted by Gasteiger charge is -2.18. The van der Waals surface area contributed by atoms with Gasteiger partial charge in [0, 0.05) is 13.1 Å². The molecule has 1 atom stereocenters. The molecule has 0 aliphatic heterocycles. The second-order valence-corrected chi connectivity index (χ2v) is 2.41. The summed E-state index contributed by atoms with van der Waals surface area (Å²) in [4.78, 5) is 12.1. The topological polar surface area (TPSA) is 70.1 Å². The minimum atomic E-state index is -0.463. The van der Waals surface area contributed by atoms with Crippen molar-refractivity contribution in [2.75, 3.05) is 13.1 Å². The molecule has 0 aliphatic rings. The highest BCUT2D eigenvalue weighted by molar-refractivity contribution is 5.71. The van der Waals surface area contributed by atoms with Gasteiger partial charge < -0.3 is 10.6 Å². The first-order valence-electron chi connectivity index (χ1n) is 3.55. The molecular formula is C7H13N3O. The van der Waals surface area contributed by atoms with Gasteiger partial charge in [0.05, 0.1) is 12.0 Å². The Morgan fingerprint density at radius 3 is 2.64 bits per heavy atom. The largest absolute Gasteiger partial charge is 0.351 e. The van der Waals surface area contributed by atoms with Crippen molar-refractivity contribution >= 4 is 6.03 Å². The van der Waals surface area contributed by atoms with Gasteiger partial charge in [-0.3, -0.25) is 0 Å². The molecule has 1 unspecified atom stereocenters. The van der Waals surface area contributed by atoms with Crippen LogP contribution in [0.15, 0.2) is 0 Å². The first kappa shape index (κ1) is 9.76. The van der Waals surface area contributed by atoms with Gasteiger partial charge in [0.2, 0.25) is 0 Å². The van der Waals surface area contributed by atoms with Crippen molar-refractivity contribution < 1.29 is 4.79 Å². The van der Waals surface area contributed by atoms with Gasteiger partial charge in [-0.15, -0.1) is 0 Å². The third kappa shape index (κ3) is 3.46. The van der Waals surface area contributed by atoms with Crippen LogP contribution in [-0.4, -0.2) is 24.0 Å². The summed E-state index contributed by atoms with van der Waals surface area (Å²) in [5.74, 6) is -0.151. The van der Waals surface area contributed by atoms with E-state index in [1.165, 1.54) is 4.90 Å². The molecule has 0 saturated carbocycles. The minimum Gasteiger partial charge on any atom is -0.351 e. The first-order valence-corrected chi connectivity index (χ1v) is 3.55. The standard InChI is InChI=1S/C7H13N3O/c1-3-10(7(9)11)5-6(2)4-8/h6H,3,5H2,1-2H3,(H2,9,11). The summed E-state index contributed by atoms with van der Waals surface area (Å²) < 4.78 is 0. The molecule has 0 saturated heterocycles. The summed E-state index contributed by atoms with van der Waals surface area (Å²) in [7, 11) is 0. The van der Waals surface area contributed by atoms with Crippen LogP contribution in [0.3, 0.4) is 0 Å². The van der Waals surface area contributed by atoms with Crippen LogP contribution in [0.25, 0.3) is 0 Å². The molecule has 2 N–H and O–H groups in total. The molecule has 0 aliphatic carbocycles. The van der Waals surface area contributed by atoms with E-state index in [0.29, 0.717) is 13.1 Å². The fraction of sp³-hybridized carbons (Fsp3) is 0.714. The van der Waals surface area contributed by atoms with E-state index < -0.39 is 6.03 Å². The number of nitriles is 1. The highest BCUT2D eigenvalue weighted by Gasteiger charge is 2.10. The van der Waals surface area contributed by atoms with Crippen LogP contribution >= 0.6 is 0 Å². The molecule has 2 amide bonds. The number of urea groups is 1. The molecule has 0 fully saturated rings. The SMILES string of the molecule is CCN(CC(C)C#N)C(N)=O. The molecule has 62 valence electrons. The van der Waals surface area contributed by atoms with E-state index in [9.17, 15) is 4.79 Å². The van der Waals surface area contributed by atoms with Gasteiger partial charge in [0.25, 0.3) is 0 Å². The lowest BCUT2D eigenvalue weighted by Crippen LogP contribution is -2.38. The number of primary amides is 1. The van der Waals surface area contributed by atoms with Crippen LogP contribution in [0.5, 0.6) is 0 Å². The number of amides is 2. The van der Waals surface area contributed by atoms with E-state index >= 15 is 0 Å². The zero-order valence-corrected chi connectivity index (χ0v) is 6.87. The third-order valence-electron chi connectivity index (χ3n) is 1.41. The number of nitrogens with zero attached hydrogens (tertiary/aromatic N) is 2. The zero-order chi connectivity index (χ0) is 8.85. The quantitative estimate of drug-likeness (QED) is 0.646. The molecule has 0 bridgehead atoms. The fourth-order valence-corrected chi connectivity index (χ4v) is 0.746. The zero-order valence-electron chi connectivity index (χ0n) is 6.87. The summed E-state index contributed by atoms with van der Waals surface area (Å²) >= 11 is 0. The second kappa shape index (κ2) is 4.56. The molecule has 0 aromatic rings. The van der Waals surface area contributed by atoms with Crippen molar-refractivity contribution in [2.24, 2.45) is 11.7 Å². The Balaban J connectivity index is 3.90. The monoisotopic (exact) mass is 155 g/mol. The Morgan fingerprint density at radius 2 is 2.36 bits per heavy atom. The van der Waals surface area contributed by atoms with Crippen molar-refractivity contribution in [1.82, 2.24) is 4.90 Å². The molecular weight excluding hydrogens is 142 g/mol. The average Bonchev–Trinajstić information content (AvgIpc) is 1.99. The summed E-state index contributed by atoms with van der Waals surface area (Å²) in [5, 5.41) is 8.43. The molecule has 0 radical (unpaired) electrons. The Hall–Kier alpha value is -1.24. The van der Waals surface area contributed by atoms with Crippen LogP contribution in [0, 0.1) is 17.2 Å². The highest BCUT2D eigenvalue weighted by atomic mass is 16.2. The number of hydrogen-bond donors (Lipinski definition) is 1. The van der Waals surface area contributed by atoms with E-state index in [0.717, 1.165) is 0 Å². The highest BCUT2D eigenvalue weighted by Crippen LogP contribution is 1.96. The second-order valence-electron chi connectivity index (χ2n) is 2.41. The van der Waals surface area contributed by atoms with E-state index in [-0.39, 0.29) is 5.92 Å². The van der Waals surface area contributed by atoms with Gasteiger partial charge in [0.1, 0.15) is 0 Å². The van der Waals surface area contributed by atoms with Crippen molar-refractivity contribution in [3.63, 3.8) is 0 Å². The number of rotatable bonds is 3. The lowest BCUT2D eigenvalue weighted by atomic mass is 10.2. The first-order chi connectivity index (χ1) is 5.11. The van der Waals surface area contributed by atoms with Crippen molar-refractivity contribution in [3.05, 3.63) is 0 Å². The molecule has 11 heavy (non-hydrogen) atoms. The number of carbonyl (C=O) groups excluding carboxylic acids is 1. The Bertz CT molecular complexity index is 173. The summed E-state index contributed by atoms with van der Waals surface area (Å²) in [5.41, 5.74) is 5.03. The molecule has 0 spiro atoms. The molecule has 0 rings (SSSR count). The van der Waals surface area contributed by atoms with Crippen LogP contribution in [0.2, 0.25) is 0 Å². The Kier molecular flexibility index (Phi) is 4.04. The van der Waals surface area contributed by atoms with Crippen molar-refractivity contribution in [2.45, 2.75) is 13.8 Å². The van der Waals surface area contributed by atoms with Crippen LogP contribution < -0.4 is 5.73 Å².